The van der Waals surface area contributed by atoms with E-state index >= 15 is 0 Å². The first kappa shape index (κ1) is 21.6. The van der Waals surface area contributed by atoms with E-state index in [1.165, 1.54) is 37.1 Å². The minimum atomic E-state index is 0. The number of aromatic nitrogens is 2. The number of hydrogen-bond donors (Lipinski definition) is 2. The standard InChI is InChI=1S/C19H28N6O.HI/c1-3-20-19(22-13-18-23-15(2)26-24-18)21-12-16-6-8-17(9-7-16)14-25-10-4-5-11-25;/h6-9H,3-5,10-14H2,1-2H3,(H2,20,21,22);1H. The number of likely N-dealkylation sites (tertiary alicyclic amines) is 1. The average Bonchev–Trinajstić information content (AvgIpc) is 3.30. The van der Waals surface area contributed by atoms with E-state index in [1.807, 2.05) is 6.92 Å². The van der Waals surface area contributed by atoms with E-state index in [0.29, 0.717) is 24.8 Å². The second-order valence-corrected chi connectivity index (χ2v) is 6.58. The van der Waals surface area contributed by atoms with Crippen LogP contribution in [0.25, 0.3) is 0 Å². The number of aliphatic imine (C=N–C) groups is 1. The predicted octanol–water partition coefficient (Wildman–Crippen LogP) is 2.85. The van der Waals surface area contributed by atoms with Gasteiger partial charge in [-0.15, -0.1) is 24.0 Å². The van der Waals surface area contributed by atoms with Crippen LogP contribution in [0.4, 0.5) is 0 Å². The van der Waals surface area contributed by atoms with Crippen LogP contribution >= 0.6 is 24.0 Å². The summed E-state index contributed by atoms with van der Waals surface area (Å²) in [6.45, 7) is 9.24. The van der Waals surface area contributed by atoms with Gasteiger partial charge in [-0.05, 0) is 44.0 Å². The van der Waals surface area contributed by atoms with Gasteiger partial charge >= 0.3 is 0 Å². The first-order valence-electron chi connectivity index (χ1n) is 9.34. The van der Waals surface area contributed by atoms with Gasteiger partial charge in [-0.1, -0.05) is 29.4 Å². The van der Waals surface area contributed by atoms with Crippen LogP contribution < -0.4 is 10.6 Å². The average molecular weight is 484 g/mol. The minimum Gasteiger partial charge on any atom is -0.357 e. The van der Waals surface area contributed by atoms with Crippen LogP contribution in [0.1, 0.15) is 42.6 Å². The smallest absolute Gasteiger partial charge is 0.223 e. The lowest BCUT2D eigenvalue weighted by Gasteiger charge is -2.14. The zero-order chi connectivity index (χ0) is 18.2. The Morgan fingerprint density at radius 1 is 1.15 bits per heavy atom. The highest BCUT2D eigenvalue weighted by Crippen LogP contribution is 2.13. The number of nitrogens with one attached hydrogen (secondary N) is 2. The summed E-state index contributed by atoms with van der Waals surface area (Å²) in [4.78, 5) is 11.3. The summed E-state index contributed by atoms with van der Waals surface area (Å²) in [5.74, 6) is 1.94. The molecule has 1 saturated heterocycles. The van der Waals surface area contributed by atoms with Gasteiger partial charge in [-0.25, -0.2) is 4.99 Å². The fraction of sp³-hybridized carbons (Fsp3) is 0.526. The lowest BCUT2D eigenvalue weighted by molar-refractivity contribution is 0.331. The molecule has 1 fully saturated rings. The molecule has 0 atom stereocenters. The molecule has 2 heterocycles. The van der Waals surface area contributed by atoms with E-state index in [-0.39, 0.29) is 24.0 Å². The molecule has 2 aromatic rings. The highest BCUT2D eigenvalue weighted by atomic mass is 127. The summed E-state index contributed by atoms with van der Waals surface area (Å²) in [5, 5.41) is 10.3. The van der Waals surface area contributed by atoms with Crippen LogP contribution in [-0.4, -0.2) is 40.6 Å². The Bertz CT molecular complexity index is 709. The van der Waals surface area contributed by atoms with Crippen molar-refractivity contribution in [3.8, 4) is 0 Å². The van der Waals surface area contributed by atoms with E-state index in [4.69, 9.17) is 4.52 Å². The summed E-state index contributed by atoms with van der Waals surface area (Å²) < 4.78 is 4.98. The van der Waals surface area contributed by atoms with Crippen LogP contribution in [0.2, 0.25) is 0 Å². The summed E-state index contributed by atoms with van der Waals surface area (Å²) in [6, 6.07) is 8.76. The zero-order valence-electron chi connectivity index (χ0n) is 16.1. The molecule has 27 heavy (non-hydrogen) atoms. The van der Waals surface area contributed by atoms with E-state index in [2.05, 4.69) is 54.9 Å². The monoisotopic (exact) mass is 484 g/mol. The second kappa shape index (κ2) is 11.2. The van der Waals surface area contributed by atoms with Gasteiger partial charge in [0.15, 0.2) is 11.8 Å². The zero-order valence-corrected chi connectivity index (χ0v) is 18.4. The molecule has 1 aromatic heterocycles. The van der Waals surface area contributed by atoms with Crippen molar-refractivity contribution in [1.29, 1.82) is 0 Å². The van der Waals surface area contributed by atoms with E-state index in [1.54, 1.807) is 6.92 Å². The third kappa shape index (κ3) is 7.10. The number of guanidine groups is 1. The van der Waals surface area contributed by atoms with Crippen LogP contribution in [0.15, 0.2) is 33.8 Å². The molecule has 0 aliphatic carbocycles. The third-order valence-electron chi connectivity index (χ3n) is 4.38. The van der Waals surface area contributed by atoms with Crippen molar-refractivity contribution < 1.29 is 4.52 Å². The van der Waals surface area contributed by atoms with Gasteiger partial charge in [0.25, 0.3) is 0 Å². The van der Waals surface area contributed by atoms with Crippen molar-refractivity contribution in [1.82, 2.24) is 25.7 Å². The maximum Gasteiger partial charge on any atom is 0.223 e. The summed E-state index contributed by atoms with van der Waals surface area (Å²) in [6.07, 6.45) is 2.66. The van der Waals surface area contributed by atoms with Gasteiger partial charge in [-0.2, -0.15) is 4.98 Å². The van der Waals surface area contributed by atoms with Gasteiger partial charge in [0.1, 0.15) is 0 Å². The van der Waals surface area contributed by atoms with Crippen molar-refractivity contribution in [3.63, 3.8) is 0 Å². The van der Waals surface area contributed by atoms with Gasteiger partial charge in [-0.3, -0.25) is 4.90 Å². The molecular weight excluding hydrogens is 455 g/mol. The predicted molar refractivity (Wildman–Crippen MR) is 117 cm³/mol. The molecule has 0 saturated carbocycles. The quantitative estimate of drug-likeness (QED) is 0.358. The number of benzene rings is 1. The van der Waals surface area contributed by atoms with Crippen LogP contribution in [0.3, 0.4) is 0 Å². The lowest BCUT2D eigenvalue weighted by Crippen LogP contribution is -2.37. The van der Waals surface area contributed by atoms with Crippen LogP contribution in [-0.2, 0) is 19.6 Å². The number of halogens is 1. The summed E-state index contributed by atoms with van der Waals surface area (Å²) in [5.41, 5.74) is 2.57. The van der Waals surface area contributed by atoms with Crippen molar-refractivity contribution in [2.75, 3.05) is 19.6 Å². The molecule has 2 N–H and O–H groups in total. The number of hydrogen-bond acceptors (Lipinski definition) is 5. The Balaban J connectivity index is 0.00000261. The minimum absolute atomic E-state index is 0. The van der Waals surface area contributed by atoms with Gasteiger partial charge < -0.3 is 15.2 Å². The Hall–Kier alpha value is -1.68. The van der Waals surface area contributed by atoms with Crippen molar-refractivity contribution in [2.45, 2.75) is 46.3 Å². The Kier molecular flexibility index (Phi) is 8.99. The van der Waals surface area contributed by atoms with Crippen molar-refractivity contribution in [2.24, 2.45) is 4.99 Å². The molecule has 0 bridgehead atoms. The fourth-order valence-corrected chi connectivity index (χ4v) is 3.04. The van der Waals surface area contributed by atoms with E-state index in [0.717, 1.165) is 19.0 Å². The Labute approximate surface area is 178 Å². The molecule has 7 nitrogen and oxygen atoms in total. The highest BCUT2D eigenvalue weighted by molar-refractivity contribution is 14.0. The molecule has 148 valence electrons. The lowest BCUT2D eigenvalue weighted by atomic mass is 10.1. The molecule has 0 amide bonds. The molecule has 3 rings (SSSR count). The molecule has 0 spiro atoms. The maximum atomic E-state index is 4.98. The van der Waals surface area contributed by atoms with Gasteiger partial charge in [0.2, 0.25) is 5.89 Å². The number of aryl methyl sites for hydroxylation is 1. The fourth-order valence-electron chi connectivity index (χ4n) is 3.04. The van der Waals surface area contributed by atoms with Crippen LogP contribution in [0.5, 0.6) is 0 Å². The van der Waals surface area contributed by atoms with E-state index < -0.39 is 0 Å². The molecule has 1 aliphatic heterocycles. The number of nitrogens with zero attached hydrogens (tertiary/aromatic N) is 4. The summed E-state index contributed by atoms with van der Waals surface area (Å²) in [7, 11) is 0. The largest absolute Gasteiger partial charge is 0.357 e. The third-order valence-corrected chi connectivity index (χ3v) is 4.38. The normalized spacial score (nSPS) is 14.8. The van der Waals surface area contributed by atoms with Crippen molar-refractivity contribution in [3.05, 3.63) is 47.1 Å². The SMILES string of the molecule is CCNC(=NCc1ccc(CN2CCCC2)cc1)NCc1noc(C)n1.I. The van der Waals surface area contributed by atoms with Crippen molar-refractivity contribution >= 4 is 29.9 Å². The second-order valence-electron chi connectivity index (χ2n) is 6.58. The molecule has 0 unspecified atom stereocenters. The Morgan fingerprint density at radius 3 is 2.48 bits per heavy atom. The molecule has 0 radical (unpaired) electrons. The molecule has 1 aliphatic rings. The first-order valence-corrected chi connectivity index (χ1v) is 9.34. The maximum absolute atomic E-state index is 4.98. The highest BCUT2D eigenvalue weighted by Gasteiger charge is 2.11. The topological polar surface area (TPSA) is 78.6 Å². The van der Waals surface area contributed by atoms with Gasteiger partial charge in [0, 0.05) is 20.0 Å². The summed E-state index contributed by atoms with van der Waals surface area (Å²) >= 11 is 0. The first-order chi connectivity index (χ1) is 12.7. The molecular formula is C19H29IN6O. The van der Waals surface area contributed by atoms with E-state index in [9.17, 15) is 0 Å². The van der Waals surface area contributed by atoms with Gasteiger partial charge in [0.05, 0.1) is 13.1 Å². The van der Waals surface area contributed by atoms with Crippen LogP contribution in [0, 0.1) is 6.92 Å². The Morgan fingerprint density at radius 2 is 1.85 bits per heavy atom. The number of rotatable bonds is 7. The molecule has 1 aromatic carbocycles. The molecule has 8 heteroatoms.